The Bertz CT molecular complexity index is 669. The van der Waals surface area contributed by atoms with Crippen LogP contribution in [0.15, 0.2) is 30.6 Å². The number of aromatic nitrogens is 2. The van der Waals surface area contributed by atoms with Crippen molar-refractivity contribution in [3.8, 4) is 22.6 Å². The predicted octanol–water partition coefficient (Wildman–Crippen LogP) is 1.71. The van der Waals surface area contributed by atoms with Crippen molar-refractivity contribution >= 4 is 5.95 Å². The van der Waals surface area contributed by atoms with Gasteiger partial charge in [-0.15, -0.1) is 0 Å². The number of nitrogens with zero attached hydrogens (tertiary/aromatic N) is 3. The summed E-state index contributed by atoms with van der Waals surface area (Å²) in [5, 5.41) is 3.33. The number of rotatable bonds is 2. The first-order valence-electron chi connectivity index (χ1n) is 8.08. The molecule has 120 valence electrons. The van der Waals surface area contributed by atoms with E-state index in [0.29, 0.717) is 13.2 Å². The summed E-state index contributed by atoms with van der Waals surface area (Å²) in [6.45, 7) is 5.25. The monoisotopic (exact) mass is 312 g/mol. The van der Waals surface area contributed by atoms with Crippen LogP contribution in [0.1, 0.15) is 6.42 Å². The number of hydrogen-bond donors (Lipinski definition) is 1. The molecule has 6 nitrogen and oxygen atoms in total. The van der Waals surface area contributed by atoms with Gasteiger partial charge in [0.1, 0.15) is 0 Å². The molecule has 0 atom stereocenters. The molecule has 3 heterocycles. The maximum absolute atomic E-state index is 5.75. The van der Waals surface area contributed by atoms with Gasteiger partial charge >= 0.3 is 0 Å². The van der Waals surface area contributed by atoms with Gasteiger partial charge in [-0.2, -0.15) is 0 Å². The van der Waals surface area contributed by atoms with Crippen LogP contribution in [0.2, 0.25) is 0 Å². The van der Waals surface area contributed by atoms with Crippen LogP contribution in [-0.4, -0.2) is 49.4 Å². The van der Waals surface area contributed by atoms with Crippen LogP contribution in [0.25, 0.3) is 11.1 Å². The molecule has 1 saturated heterocycles. The van der Waals surface area contributed by atoms with Gasteiger partial charge in [-0.05, 0) is 17.7 Å². The fraction of sp³-hybridized carbons (Fsp3) is 0.412. The molecule has 0 spiro atoms. The first kappa shape index (κ1) is 14.3. The van der Waals surface area contributed by atoms with Crippen molar-refractivity contribution in [2.24, 2.45) is 0 Å². The lowest BCUT2D eigenvalue weighted by atomic mass is 10.1. The Morgan fingerprint density at radius 3 is 2.43 bits per heavy atom. The molecule has 0 saturated carbocycles. The number of nitrogens with one attached hydrogen (secondary N) is 1. The number of ether oxygens (including phenoxy) is 2. The number of fused-ring (bicyclic) bond motifs is 1. The summed E-state index contributed by atoms with van der Waals surface area (Å²) >= 11 is 0. The maximum Gasteiger partial charge on any atom is 0.225 e. The Morgan fingerprint density at radius 1 is 0.913 bits per heavy atom. The summed E-state index contributed by atoms with van der Waals surface area (Å²) in [7, 11) is 0. The molecule has 1 aromatic heterocycles. The Morgan fingerprint density at radius 2 is 1.65 bits per heavy atom. The second-order valence-electron chi connectivity index (χ2n) is 5.72. The van der Waals surface area contributed by atoms with Gasteiger partial charge in [-0.1, -0.05) is 6.07 Å². The summed E-state index contributed by atoms with van der Waals surface area (Å²) in [6.07, 6.45) is 4.67. The largest absolute Gasteiger partial charge is 0.490 e. The van der Waals surface area contributed by atoms with E-state index in [1.165, 1.54) is 0 Å². The lowest BCUT2D eigenvalue weighted by molar-refractivity contribution is 0.297. The van der Waals surface area contributed by atoms with Gasteiger partial charge in [-0.25, -0.2) is 9.97 Å². The van der Waals surface area contributed by atoms with Gasteiger partial charge in [-0.3, -0.25) is 0 Å². The molecule has 0 amide bonds. The fourth-order valence-corrected chi connectivity index (χ4v) is 2.84. The van der Waals surface area contributed by atoms with Gasteiger partial charge in [0.15, 0.2) is 11.5 Å². The molecule has 0 unspecified atom stereocenters. The Labute approximate surface area is 135 Å². The minimum absolute atomic E-state index is 0.689. The van der Waals surface area contributed by atoms with Crippen molar-refractivity contribution in [1.82, 2.24) is 15.3 Å². The first-order valence-corrected chi connectivity index (χ1v) is 8.08. The predicted molar refractivity (Wildman–Crippen MR) is 88.2 cm³/mol. The molecule has 6 heteroatoms. The van der Waals surface area contributed by atoms with Crippen molar-refractivity contribution in [3.63, 3.8) is 0 Å². The molecule has 1 aromatic carbocycles. The van der Waals surface area contributed by atoms with Gasteiger partial charge in [0, 0.05) is 50.6 Å². The summed E-state index contributed by atoms with van der Waals surface area (Å²) < 4.78 is 11.4. The van der Waals surface area contributed by atoms with Crippen molar-refractivity contribution in [2.75, 3.05) is 44.3 Å². The van der Waals surface area contributed by atoms with E-state index in [1.807, 2.05) is 30.6 Å². The second kappa shape index (κ2) is 6.42. The van der Waals surface area contributed by atoms with Crippen LogP contribution in [0.5, 0.6) is 11.5 Å². The number of hydrogen-bond acceptors (Lipinski definition) is 6. The van der Waals surface area contributed by atoms with E-state index in [2.05, 4.69) is 20.2 Å². The second-order valence-corrected chi connectivity index (χ2v) is 5.72. The highest BCUT2D eigenvalue weighted by Crippen LogP contribution is 2.34. The zero-order valence-corrected chi connectivity index (χ0v) is 13.0. The van der Waals surface area contributed by atoms with Gasteiger partial charge in [0.25, 0.3) is 0 Å². The summed E-state index contributed by atoms with van der Waals surface area (Å²) in [6, 6.07) is 5.99. The molecular weight excluding hydrogens is 292 g/mol. The highest BCUT2D eigenvalue weighted by molar-refractivity contribution is 5.66. The van der Waals surface area contributed by atoms with Crippen LogP contribution >= 0.6 is 0 Å². The molecule has 4 rings (SSSR count). The molecule has 0 aliphatic carbocycles. The molecule has 2 aliphatic heterocycles. The van der Waals surface area contributed by atoms with E-state index in [-0.39, 0.29) is 0 Å². The highest BCUT2D eigenvalue weighted by Gasteiger charge is 2.14. The van der Waals surface area contributed by atoms with Gasteiger partial charge < -0.3 is 19.7 Å². The van der Waals surface area contributed by atoms with Crippen molar-refractivity contribution < 1.29 is 9.47 Å². The summed E-state index contributed by atoms with van der Waals surface area (Å²) in [5.74, 6) is 2.40. The van der Waals surface area contributed by atoms with Crippen LogP contribution < -0.4 is 19.7 Å². The molecule has 0 bridgehead atoms. The molecule has 2 aromatic rings. The topological polar surface area (TPSA) is 59.5 Å². The van der Waals surface area contributed by atoms with Crippen LogP contribution in [-0.2, 0) is 0 Å². The molecule has 2 aliphatic rings. The minimum Gasteiger partial charge on any atom is -0.490 e. The number of piperazine rings is 1. The van der Waals surface area contributed by atoms with Gasteiger partial charge in [0.05, 0.1) is 13.2 Å². The normalized spacial score (nSPS) is 17.7. The van der Waals surface area contributed by atoms with E-state index < -0.39 is 0 Å². The number of benzene rings is 1. The average molecular weight is 312 g/mol. The van der Waals surface area contributed by atoms with E-state index in [9.17, 15) is 0 Å². The molecule has 23 heavy (non-hydrogen) atoms. The van der Waals surface area contributed by atoms with Gasteiger partial charge in [0.2, 0.25) is 5.95 Å². The van der Waals surface area contributed by atoms with E-state index >= 15 is 0 Å². The highest BCUT2D eigenvalue weighted by atomic mass is 16.5. The standard InChI is InChI=1S/C17H20N4O2/c1-8-22-15-3-2-13(10-16(15)23-9-1)14-11-19-17(20-12-14)21-6-4-18-5-7-21/h2-3,10-12,18H,1,4-9H2. The van der Waals surface area contributed by atoms with E-state index in [0.717, 1.165) is 61.2 Å². The molecular formula is C17H20N4O2. The number of anilines is 1. The minimum atomic E-state index is 0.689. The zero-order chi connectivity index (χ0) is 15.5. The van der Waals surface area contributed by atoms with E-state index in [4.69, 9.17) is 9.47 Å². The van der Waals surface area contributed by atoms with Crippen LogP contribution in [0, 0.1) is 0 Å². The zero-order valence-electron chi connectivity index (χ0n) is 13.0. The lowest BCUT2D eigenvalue weighted by Crippen LogP contribution is -2.44. The molecule has 0 radical (unpaired) electrons. The fourth-order valence-electron chi connectivity index (χ4n) is 2.84. The van der Waals surface area contributed by atoms with Crippen molar-refractivity contribution in [2.45, 2.75) is 6.42 Å². The van der Waals surface area contributed by atoms with Crippen LogP contribution in [0.3, 0.4) is 0 Å². The molecule has 1 fully saturated rings. The summed E-state index contributed by atoms with van der Waals surface area (Å²) in [5.41, 5.74) is 2.03. The van der Waals surface area contributed by atoms with E-state index in [1.54, 1.807) is 0 Å². The quantitative estimate of drug-likeness (QED) is 0.911. The first-order chi connectivity index (χ1) is 11.4. The Balaban J connectivity index is 1.57. The smallest absolute Gasteiger partial charge is 0.225 e. The third-order valence-corrected chi connectivity index (χ3v) is 4.12. The summed E-state index contributed by atoms with van der Waals surface area (Å²) in [4.78, 5) is 11.3. The lowest BCUT2D eigenvalue weighted by Gasteiger charge is -2.27. The third kappa shape index (κ3) is 3.07. The average Bonchev–Trinajstić information content (AvgIpc) is 2.87. The third-order valence-electron chi connectivity index (χ3n) is 4.12. The van der Waals surface area contributed by atoms with Crippen molar-refractivity contribution in [1.29, 1.82) is 0 Å². The Kier molecular flexibility index (Phi) is 3.98. The SMILES string of the molecule is c1cc2c(cc1-c1cnc(N3CCNCC3)nc1)OCCCO2. The van der Waals surface area contributed by atoms with Crippen molar-refractivity contribution in [3.05, 3.63) is 30.6 Å². The maximum atomic E-state index is 5.75. The molecule has 1 N–H and O–H groups in total. The van der Waals surface area contributed by atoms with Crippen LogP contribution in [0.4, 0.5) is 5.95 Å². The Hall–Kier alpha value is -2.34.